The van der Waals surface area contributed by atoms with Gasteiger partial charge in [-0.1, -0.05) is 18.2 Å². The van der Waals surface area contributed by atoms with Crippen molar-refractivity contribution in [3.63, 3.8) is 0 Å². The largest absolute Gasteiger partial charge is 0.326 e. The minimum Gasteiger partial charge on any atom is -0.326 e. The molecule has 1 aromatic carbocycles. The molecule has 4 heteroatoms. The van der Waals surface area contributed by atoms with Gasteiger partial charge in [-0.2, -0.15) is 0 Å². The second-order valence-electron chi connectivity index (χ2n) is 3.71. The van der Waals surface area contributed by atoms with Crippen LogP contribution in [0.25, 0.3) is 0 Å². The topological polar surface area (TPSA) is 55.1 Å². The molecule has 0 saturated carbocycles. The zero-order valence-electron chi connectivity index (χ0n) is 9.35. The Hall–Kier alpha value is -1.65. The van der Waals surface area contributed by atoms with Crippen LogP contribution in [0.5, 0.6) is 0 Å². The van der Waals surface area contributed by atoms with E-state index in [0.717, 1.165) is 16.1 Å². The van der Waals surface area contributed by atoms with Crippen LogP contribution in [0, 0.1) is 0 Å². The molecule has 0 aliphatic heterocycles. The van der Waals surface area contributed by atoms with Gasteiger partial charge in [0.15, 0.2) is 0 Å². The van der Waals surface area contributed by atoms with E-state index >= 15 is 0 Å². The maximum atomic E-state index is 11.7. The van der Waals surface area contributed by atoms with Gasteiger partial charge in [0.05, 0.1) is 6.42 Å². The summed E-state index contributed by atoms with van der Waals surface area (Å²) in [4.78, 5) is 12.8. The van der Waals surface area contributed by atoms with E-state index in [4.69, 9.17) is 5.73 Å². The van der Waals surface area contributed by atoms with Crippen molar-refractivity contribution in [2.24, 2.45) is 5.73 Å². The number of hydrogen-bond acceptors (Lipinski definition) is 3. The van der Waals surface area contributed by atoms with E-state index in [1.54, 1.807) is 11.3 Å². The van der Waals surface area contributed by atoms with Gasteiger partial charge in [-0.3, -0.25) is 4.79 Å². The van der Waals surface area contributed by atoms with E-state index in [1.807, 2.05) is 41.8 Å². The van der Waals surface area contributed by atoms with E-state index in [-0.39, 0.29) is 5.91 Å². The monoisotopic (exact) mass is 246 g/mol. The Balaban J connectivity index is 1.93. The third kappa shape index (κ3) is 3.41. The lowest BCUT2D eigenvalue weighted by molar-refractivity contribution is -0.115. The highest BCUT2D eigenvalue weighted by Crippen LogP contribution is 2.12. The lowest BCUT2D eigenvalue weighted by atomic mass is 10.2. The summed E-state index contributed by atoms with van der Waals surface area (Å²) in [5.41, 5.74) is 7.37. The van der Waals surface area contributed by atoms with Crippen molar-refractivity contribution in [2.45, 2.75) is 13.0 Å². The van der Waals surface area contributed by atoms with E-state index in [1.165, 1.54) is 0 Å². The number of carbonyl (C=O) groups is 1. The highest BCUT2D eigenvalue weighted by molar-refractivity contribution is 7.10. The molecule has 3 nitrogen and oxygen atoms in total. The number of nitrogens with two attached hydrogens (primary N) is 1. The van der Waals surface area contributed by atoms with Crippen LogP contribution >= 0.6 is 11.3 Å². The lowest BCUT2D eigenvalue weighted by Crippen LogP contribution is -2.13. The molecule has 88 valence electrons. The van der Waals surface area contributed by atoms with E-state index in [0.29, 0.717) is 13.0 Å². The molecule has 1 aromatic heterocycles. The van der Waals surface area contributed by atoms with Gasteiger partial charge in [-0.15, -0.1) is 11.3 Å². The first-order chi connectivity index (χ1) is 8.28. The molecule has 0 aliphatic rings. The van der Waals surface area contributed by atoms with Gasteiger partial charge in [-0.25, -0.2) is 0 Å². The van der Waals surface area contributed by atoms with Crippen molar-refractivity contribution >= 4 is 22.9 Å². The van der Waals surface area contributed by atoms with E-state index in [9.17, 15) is 4.79 Å². The number of carbonyl (C=O) groups excluding carboxylic acids is 1. The molecule has 3 N–H and O–H groups in total. The highest BCUT2D eigenvalue weighted by atomic mass is 32.1. The van der Waals surface area contributed by atoms with Crippen molar-refractivity contribution in [1.29, 1.82) is 0 Å². The maximum Gasteiger partial charge on any atom is 0.229 e. The van der Waals surface area contributed by atoms with Gasteiger partial charge >= 0.3 is 0 Å². The number of hydrogen-bond donors (Lipinski definition) is 2. The standard InChI is InChI=1S/C13H14N2OS/c14-9-10-3-5-11(6-4-10)15-13(16)8-12-2-1-7-17-12/h1-7H,8-9,14H2,(H,15,16). The fraction of sp³-hybridized carbons (Fsp3) is 0.154. The molecular weight excluding hydrogens is 232 g/mol. The summed E-state index contributed by atoms with van der Waals surface area (Å²) >= 11 is 1.59. The molecule has 0 saturated heterocycles. The van der Waals surface area contributed by atoms with E-state index < -0.39 is 0 Å². The Labute approximate surface area is 104 Å². The molecule has 0 radical (unpaired) electrons. The summed E-state index contributed by atoms with van der Waals surface area (Å²) in [5, 5.41) is 4.83. The molecule has 0 fully saturated rings. The van der Waals surface area contributed by atoms with E-state index in [2.05, 4.69) is 5.32 Å². The minimum atomic E-state index is 0.00736. The van der Waals surface area contributed by atoms with Crippen molar-refractivity contribution in [1.82, 2.24) is 0 Å². The van der Waals surface area contributed by atoms with Crippen molar-refractivity contribution < 1.29 is 4.79 Å². The summed E-state index contributed by atoms with van der Waals surface area (Å²) in [6, 6.07) is 11.5. The van der Waals surface area contributed by atoms with Gasteiger partial charge < -0.3 is 11.1 Å². The average Bonchev–Trinajstić information content (AvgIpc) is 2.82. The normalized spacial score (nSPS) is 10.2. The first-order valence-corrected chi connectivity index (χ1v) is 6.27. The first kappa shape index (κ1) is 11.8. The Bertz CT molecular complexity index is 477. The third-order valence-electron chi connectivity index (χ3n) is 2.39. The molecule has 1 amide bonds. The van der Waals surface area contributed by atoms with Crippen LogP contribution in [0.1, 0.15) is 10.4 Å². The molecule has 0 atom stereocenters. The number of rotatable bonds is 4. The summed E-state index contributed by atoms with van der Waals surface area (Å²) in [6.07, 6.45) is 0.427. The first-order valence-electron chi connectivity index (χ1n) is 5.39. The zero-order chi connectivity index (χ0) is 12.1. The SMILES string of the molecule is NCc1ccc(NC(=O)Cc2cccs2)cc1. The van der Waals surface area contributed by atoms with Crippen LogP contribution in [0.15, 0.2) is 41.8 Å². The van der Waals surface area contributed by atoms with Gasteiger partial charge in [0.1, 0.15) is 0 Å². The van der Waals surface area contributed by atoms with Crippen LogP contribution in [0.2, 0.25) is 0 Å². The zero-order valence-corrected chi connectivity index (χ0v) is 10.2. The van der Waals surface area contributed by atoms with Crippen LogP contribution in [0.3, 0.4) is 0 Å². The Morgan fingerprint density at radius 1 is 1.24 bits per heavy atom. The minimum absolute atomic E-state index is 0.00736. The fourth-order valence-electron chi connectivity index (χ4n) is 1.50. The second kappa shape index (κ2) is 5.61. The molecule has 2 rings (SSSR count). The van der Waals surface area contributed by atoms with Gasteiger partial charge in [0.2, 0.25) is 5.91 Å². The molecule has 0 bridgehead atoms. The average molecular weight is 246 g/mol. The summed E-state index contributed by atoms with van der Waals surface area (Å²) in [7, 11) is 0. The van der Waals surface area contributed by atoms with Crippen molar-refractivity contribution in [3.8, 4) is 0 Å². The molecular formula is C13H14N2OS. The number of anilines is 1. The number of benzene rings is 1. The summed E-state index contributed by atoms with van der Waals surface area (Å²) in [5.74, 6) is 0.00736. The number of amides is 1. The second-order valence-corrected chi connectivity index (χ2v) is 4.74. The fourth-order valence-corrected chi connectivity index (χ4v) is 2.20. The smallest absolute Gasteiger partial charge is 0.229 e. The predicted octanol–water partition coefficient (Wildman–Crippen LogP) is 2.39. The van der Waals surface area contributed by atoms with Crippen molar-refractivity contribution in [2.75, 3.05) is 5.32 Å². The van der Waals surface area contributed by atoms with Crippen molar-refractivity contribution in [3.05, 3.63) is 52.2 Å². The Morgan fingerprint density at radius 3 is 2.59 bits per heavy atom. The quantitative estimate of drug-likeness (QED) is 0.870. The Kier molecular flexibility index (Phi) is 3.90. The molecule has 2 aromatic rings. The molecule has 0 aliphatic carbocycles. The summed E-state index contributed by atoms with van der Waals surface area (Å²) < 4.78 is 0. The lowest BCUT2D eigenvalue weighted by Gasteiger charge is -2.05. The summed E-state index contributed by atoms with van der Waals surface area (Å²) in [6.45, 7) is 0.517. The number of thiophene rings is 1. The molecule has 0 unspecified atom stereocenters. The van der Waals surface area contributed by atoms with Crippen LogP contribution in [0.4, 0.5) is 5.69 Å². The number of nitrogens with one attached hydrogen (secondary N) is 1. The maximum absolute atomic E-state index is 11.7. The predicted molar refractivity (Wildman–Crippen MR) is 71.0 cm³/mol. The third-order valence-corrected chi connectivity index (χ3v) is 3.26. The van der Waals surface area contributed by atoms with Crippen LogP contribution < -0.4 is 11.1 Å². The Morgan fingerprint density at radius 2 is 2.00 bits per heavy atom. The van der Waals surface area contributed by atoms with Gasteiger partial charge in [-0.05, 0) is 29.1 Å². The van der Waals surface area contributed by atoms with Crippen LogP contribution in [-0.2, 0) is 17.8 Å². The highest BCUT2D eigenvalue weighted by Gasteiger charge is 2.04. The molecule has 1 heterocycles. The van der Waals surface area contributed by atoms with Gasteiger partial charge in [0.25, 0.3) is 0 Å². The molecule has 17 heavy (non-hydrogen) atoms. The van der Waals surface area contributed by atoms with Gasteiger partial charge in [0, 0.05) is 17.1 Å². The van der Waals surface area contributed by atoms with Crippen LogP contribution in [-0.4, -0.2) is 5.91 Å². The molecule has 0 spiro atoms.